The third kappa shape index (κ3) is 3.26. The number of alkyl halides is 3. The first-order valence-electron chi connectivity index (χ1n) is 6.67. The molecular formula is C12H12F3N5O2. The van der Waals surface area contributed by atoms with Gasteiger partial charge in [-0.15, -0.1) is 0 Å². The van der Waals surface area contributed by atoms with Crippen molar-refractivity contribution in [2.24, 2.45) is 0 Å². The summed E-state index contributed by atoms with van der Waals surface area (Å²) < 4.78 is 40.9. The average Bonchev–Trinajstić information content (AvgIpc) is 3.00. The van der Waals surface area contributed by atoms with Crippen LogP contribution in [-0.2, 0) is 12.6 Å². The second kappa shape index (κ2) is 5.43. The molecule has 118 valence electrons. The van der Waals surface area contributed by atoms with Gasteiger partial charge in [-0.2, -0.15) is 23.3 Å². The predicted octanol–water partition coefficient (Wildman–Crippen LogP) is 1.66. The van der Waals surface area contributed by atoms with Gasteiger partial charge >= 0.3 is 12.1 Å². The summed E-state index contributed by atoms with van der Waals surface area (Å²) in [6.45, 7) is 0.0846. The molecule has 0 saturated heterocycles. The molecule has 0 spiro atoms. The number of nitrogens with zero attached hydrogens (tertiary/aromatic N) is 3. The van der Waals surface area contributed by atoms with Crippen molar-refractivity contribution >= 4 is 5.91 Å². The summed E-state index contributed by atoms with van der Waals surface area (Å²) in [6, 6.07) is 1.68. The SMILES string of the molecule is O=C(NCCc1noc(C(F)(F)F)n1)c1cc(C2CC2)[nH]n1. The lowest BCUT2D eigenvalue weighted by Crippen LogP contribution is -2.26. The Balaban J connectivity index is 1.49. The fourth-order valence-corrected chi connectivity index (χ4v) is 1.91. The molecule has 0 radical (unpaired) electrons. The lowest BCUT2D eigenvalue weighted by molar-refractivity contribution is -0.159. The Labute approximate surface area is 122 Å². The zero-order valence-electron chi connectivity index (χ0n) is 11.3. The van der Waals surface area contributed by atoms with Crippen LogP contribution in [0.5, 0.6) is 0 Å². The van der Waals surface area contributed by atoms with E-state index >= 15 is 0 Å². The first-order chi connectivity index (χ1) is 10.4. The van der Waals surface area contributed by atoms with Crippen molar-refractivity contribution in [3.05, 3.63) is 29.2 Å². The maximum atomic E-state index is 12.3. The lowest BCUT2D eigenvalue weighted by atomic mass is 10.2. The Kier molecular flexibility index (Phi) is 3.59. The zero-order valence-corrected chi connectivity index (χ0v) is 11.3. The van der Waals surface area contributed by atoms with E-state index in [1.807, 2.05) is 0 Å². The molecule has 1 aliphatic carbocycles. The van der Waals surface area contributed by atoms with Crippen molar-refractivity contribution in [2.75, 3.05) is 6.54 Å². The molecule has 1 saturated carbocycles. The van der Waals surface area contributed by atoms with E-state index in [9.17, 15) is 18.0 Å². The number of halogens is 3. The van der Waals surface area contributed by atoms with Crippen LogP contribution in [0.4, 0.5) is 13.2 Å². The number of H-pyrrole nitrogens is 1. The highest BCUT2D eigenvalue weighted by Crippen LogP contribution is 2.38. The molecule has 1 fully saturated rings. The average molecular weight is 315 g/mol. The number of carbonyl (C=O) groups excluding carboxylic acids is 1. The molecule has 2 aromatic rings. The highest BCUT2D eigenvalue weighted by Gasteiger charge is 2.38. The Bertz CT molecular complexity index is 674. The van der Waals surface area contributed by atoms with E-state index in [1.165, 1.54) is 0 Å². The summed E-state index contributed by atoms with van der Waals surface area (Å²) in [5, 5.41) is 12.5. The van der Waals surface area contributed by atoms with Gasteiger partial charge in [-0.05, 0) is 18.9 Å². The van der Waals surface area contributed by atoms with E-state index in [0.717, 1.165) is 18.5 Å². The van der Waals surface area contributed by atoms with Gasteiger partial charge in [-0.3, -0.25) is 9.89 Å². The van der Waals surface area contributed by atoms with Gasteiger partial charge in [0.15, 0.2) is 5.82 Å². The number of rotatable bonds is 5. The van der Waals surface area contributed by atoms with Crippen LogP contribution in [0.15, 0.2) is 10.6 Å². The van der Waals surface area contributed by atoms with Gasteiger partial charge in [0.25, 0.3) is 5.91 Å². The van der Waals surface area contributed by atoms with Crippen LogP contribution >= 0.6 is 0 Å². The third-order valence-electron chi connectivity index (χ3n) is 3.19. The second-order valence-corrected chi connectivity index (χ2v) is 5.00. The van der Waals surface area contributed by atoms with Gasteiger partial charge < -0.3 is 9.84 Å². The van der Waals surface area contributed by atoms with E-state index in [-0.39, 0.29) is 24.5 Å². The topological polar surface area (TPSA) is 96.7 Å². The van der Waals surface area contributed by atoms with Crippen molar-refractivity contribution in [3.63, 3.8) is 0 Å². The number of hydrogen-bond donors (Lipinski definition) is 2. The minimum absolute atomic E-state index is 0.0330. The van der Waals surface area contributed by atoms with Crippen molar-refractivity contribution < 1.29 is 22.5 Å². The summed E-state index contributed by atoms with van der Waals surface area (Å²) in [5.74, 6) is -1.46. The van der Waals surface area contributed by atoms with Gasteiger partial charge in [-0.25, -0.2) is 0 Å². The first-order valence-corrected chi connectivity index (χ1v) is 6.67. The fraction of sp³-hybridized carbons (Fsp3) is 0.500. The van der Waals surface area contributed by atoms with Gasteiger partial charge in [0.1, 0.15) is 5.69 Å². The molecule has 0 aliphatic heterocycles. The summed E-state index contributed by atoms with van der Waals surface area (Å²) >= 11 is 0. The number of nitrogens with one attached hydrogen (secondary N) is 2. The molecule has 0 atom stereocenters. The van der Waals surface area contributed by atoms with Crippen molar-refractivity contribution in [2.45, 2.75) is 31.4 Å². The second-order valence-electron chi connectivity index (χ2n) is 5.00. The summed E-state index contributed by atoms with van der Waals surface area (Å²) in [5.41, 5.74) is 1.18. The highest BCUT2D eigenvalue weighted by atomic mass is 19.4. The van der Waals surface area contributed by atoms with E-state index < -0.39 is 18.0 Å². The van der Waals surface area contributed by atoms with E-state index in [2.05, 4.69) is 30.2 Å². The molecule has 0 unspecified atom stereocenters. The number of carbonyl (C=O) groups is 1. The standard InChI is InChI=1S/C12H12F3N5O2/c13-12(14,15)11-17-9(20-22-11)3-4-16-10(21)8-5-7(18-19-8)6-1-2-6/h5-6H,1-4H2,(H,16,21)(H,18,19). The molecule has 1 amide bonds. The molecular weight excluding hydrogens is 303 g/mol. The molecule has 0 aromatic carbocycles. The molecule has 22 heavy (non-hydrogen) atoms. The molecule has 2 aromatic heterocycles. The van der Waals surface area contributed by atoms with E-state index in [4.69, 9.17) is 0 Å². The van der Waals surface area contributed by atoms with Crippen LogP contribution in [0.3, 0.4) is 0 Å². The smallest absolute Gasteiger partial charge is 0.350 e. The normalized spacial score (nSPS) is 15.0. The molecule has 2 N–H and O–H groups in total. The lowest BCUT2D eigenvalue weighted by Gasteiger charge is -1.99. The predicted molar refractivity (Wildman–Crippen MR) is 65.9 cm³/mol. The van der Waals surface area contributed by atoms with Crippen LogP contribution in [-0.4, -0.2) is 32.8 Å². The van der Waals surface area contributed by atoms with Crippen LogP contribution in [0, 0.1) is 0 Å². The Morgan fingerprint density at radius 3 is 2.86 bits per heavy atom. The Morgan fingerprint density at radius 2 is 2.23 bits per heavy atom. The van der Waals surface area contributed by atoms with Gasteiger partial charge in [0.05, 0.1) is 0 Å². The van der Waals surface area contributed by atoms with Crippen molar-refractivity contribution in [1.82, 2.24) is 25.7 Å². The minimum Gasteiger partial charge on any atom is -0.350 e. The largest absolute Gasteiger partial charge is 0.471 e. The Hall–Kier alpha value is -2.39. The summed E-state index contributed by atoms with van der Waals surface area (Å²) in [6.07, 6.45) is -2.46. The molecule has 2 heterocycles. The van der Waals surface area contributed by atoms with Gasteiger partial charge in [0.2, 0.25) is 0 Å². The Morgan fingerprint density at radius 1 is 1.45 bits per heavy atom. The summed E-state index contributed by atoms with van der Waals surface area (Å²) in [7, 11) is 0. The minimum atomic E-state index is -4.66. The number of aromatic nitrogens is 4. The summed E-state index contributed by atoms with van der Waals surface area (Å²) in [4.78, 5) is 15.0. The molecule has 7 nitrogen and oxygen atoms in total. The molecule has 10 heteroatoms. The zero-order chi connectivity index (χ0) is 15.7. The molecule has 0 bridgehead atoms. The number of hydrogen-bond acceptors (Lipinski definition) is 5. The van der Waals surface area contributed by atoms with Crippen LogP contribution in [0.1, 0.15) is 46.7 Å². The highest BCUT2D eigenvalue weighted by molar-refractivity contribution is 5.92. The van der Waals surface area contributed by atoms with Gasteiger partial charge in [-0.1, -0.05) is 5.16 Å². The maximum absolute atomic E-state index is 12.3. The van der Waals surface area contributed by atoms with Crippen LogP contribution in [0.25, 0.3) is 0 Å². The van der Waals surface area contributed by atoms with Crippen LogP contribution in [0.2, 0.25) is 0 Å². The quantitative estimate of drug-likeness (QED) is 0.874. The van der Waals surface area contributed by atoms with E-state index in [0.29, 0.717) is 5.92 Å². The van der Waals surface area contributed by atoms with Crippen molar-refractivity contribution in [3.8, 4) is 0 Å². The third-order valence-corrected chi connectivity index (χ3v) is 3.19. The van der Waals surface area contributed by atoms with Crippen molar-refractivity contribution in [1.29, 1.82) is 0 Å². The van der Waals surface area contributed by atoms with Crippen LogP contribution < -0.4 is 5.32 Å². The number of amides is 1. The number of aromatic amines is 1. The monoisotopic (exact) mass is 315 g/mol. The van der Waals surface area contributed by atoms with Gasteiger partial charge in [0, 0.05) is 24.6 Å². The van der Waals surface area contributed by atoms with E-state index in [1.54, 1.807) is 6.07 Å². The molecule has 1 aliphatic rings. The molecule has 3 rings (SSSR count). The maximum Gasteiger partial charge on any atom is 0.471 e. The fourth-order valence-electron chi connectivity index (χ4n) is 1.91. The first kappa shape index (κ1) is 14.5.